The molecule has 0 fully saturated rings. The summed E-state index contributed by atoms with van der Waals surface area (Å²) in [5.74, 6) is -0.451. The molecule has 6 heteroatoms. The van der Waals surface area contributed by atoms with E-state index in [1.165, 1.54) is 0 Å². The number of rotatable bonds is 7. The molecule has 0 aromatic heterocycles. The molecule has 0 spiro atoms. The van der Waals surface area contributed by atoms with Gasteiger partial charge < -0.3 is 4.74 Å². The number of esters is 1. The maximum Gasteiger partial charge on any atom is 0.334 e. The number of aryl methyl sites for hydroxylation is 1. The molecule has 0 radical (unpaired) electrons. The molecule has 1 atom stereocenters. The number of hydrogen-bond donors (Lipinski definition) is 0. The standard InChI is InChI=1S/C21H21NO4S/c1-3-14-8-10-15(11-9-14)26-21(25)18(12-13-27-2)22-19(23)16-6-4-5-7-17(16)20(22)24/h4-11,18H,3,12-13H2,1-2H3/t18-/m1/s1. The van der Waals surface area contributed by atoms with Crippen LogP contribution in [0.4, 0.5) is 0 Å². The van der Waals surface area contributed by atoms with E-state index in [1.54, 1.807) is 48.2 Å². The molecule has 0 saturated carbocycles. The van der Waals surface area contributed by atoms with Crippen LogP contribution in [0.2, 0.25) is 0 Å². The van der Waals surface area contributed by atoms with E-state index in [0.29, 0.717) is 29.1 Å². The highest BCUT2D eigenvalue weighted by molar-refractivity contribution is 7.98. The molecule has 0 N–H and O–H groups in total. The van der Waals surface area contributed by atoms with Crippen LogP contribution in [0.5, 0.6) is 5.75 Å². The normalized spacial score (nSPS) is 14.2. The molecule has 0 aliphatic carbocycles. The van der Waals surface area contributed by atoms with Gasteiger partial charge in [-0.05, 0) is 54.7 Å². The van der Waals surface area contributed by atoms with Crippen molar-refractivity contribution in [2.45, 2.75) is 25.8 Å². The third kappa shape index (κ3) is 3.90. The predicted molar refractivity (Wildman–Crippen MR) is 105 cm³/mol. The SMILES string of the molecule is CCc1ccc(OC(=O)[C@@H](CCSC)N2C(=O)c3ccccc3C2=O)cc1. The Labute approximate surface area is 162 Å². The largest absolute Gasteiger partial charge is 0.425 e. The summed E-state index contributed by atoms with van der Waals surface area (Å²) in [5.41, 5.74) is 1.79. The minimum absolute atomic E-state index is 0.330. The Morgan fingerprint density at radius 2 is 1.63 bits per heavy atom. The van der Waals surface area contributed by atoms with Gasteiger partial charge in [-0.25, -0.2) is 4.79 Å². The fourth-order valence-electron chi connectivity index (χ4n) is 3.05. The average Bonchev–Trinajstić information content (AvgIpc) is 2.94. The van der Waals surface area contributed by atoms with Gasteiger partial charge in [-0.2, -0.15) is 11.8 Å². The third-order valence-corrected chi connectivity index (χ3v) is 5.20. The second-order valence-corrected chi connectivity index (χ2v) is 7.23. The van der Waals surface area contributed by atoms with Gasteiger partial charge in [0.25, 0.3) is 11.8 Å². The smallest absolute Gasteiger partial charge is 0.334 e. The molecule has 0 saturated heterocycles. The molecule has 2 aromatic carbocycles. The van der Waals surface area contributed by atoms with Crippen LogP contribution >= 0.6 is 11.8 Å². The van der Waals surface area contributed by atoms with Gasteiger partial charge >= 0.3 is 5.97 Å². The molecule has 140 valence electrons. The first-order chi connectivity index (χ1) is 13.1. The van der Waals surface area contributed by atoms with Crippen LogP contribution < -0.4 is 4.74 Å². The highest BCUT2D eigenvalue weighted by Gasteiger charge is 2.43. The Kier molecular flexibility index (Phi) is 5.96. The summed E-state index contributed by atoms with van der Waals surface area (Å²) in [6, 6.07) is 12.9. The zero-order chi connectivity index (χ0) is 19.4. The number of hydrogen-bond acceptors (Lipinski definition) is 5. The van der Waals surface area contributed by atoms with Gasteiger partial charge in [0.1, 0.15) is 11.8 Å². The van der Waals surface area contributed by atoms with Crippen molar-refractivity contribution in [3.63, 3.8) is 0 Å². The number of thioether (sulfide) groups is 1. The molecule has 2 aromatic rings. The van der Waals surface area contributed by atoms with E-state index in [2.05, 4.69) is 0 Å². The lowest BCUT2D eigenvalue weighted by Crippen LogP contribution is -2.47. The van der Waals surface area contributed by atoms with Crippen molar-refractivity contribution in [3.8, 4) is 5.75 Å². The molecule has 0 unspecified atom stereocenters. The van der Waals surface area contributed by atoms with E-state index in [9.17, 15) is 14.4 Å². The molecule has 1 aliphatic heterocycles. The molecule has 27 heavy (non-hydrogen) atoms. The molecule has 1 aliphatic rings. The highest BCUT2D eigenvalue weighted by Crippen LogP contribution is 2.27. The van der Waals surface area contributed by atoms with Crippen molar-refractivity contribution < 1.29 is 19.1 Å². The summed E-state index contributed by atoms with van der Waals surface area (Å²) in [7, 11) is 0. The van der Waals surface area contributed by atoms with Crippen molar-refractivity contribution in [3.05, 3.63) is 65.2 Å². The first kappa shape index (κ1) is 19.2. The minimum Gasteiger partial charge on any atom is -0.425 e. The lowest BCUT2D eigenvalue weighted by atomic mass is 10.1. The Morgan fingerprint density at radius 3 is 2.15 bits per heavy atom. The Bertz CT molecular complexity index is 828. The quantitative estimate of drug-likeness (QED) is 0.415. The molecule has 5 nitrogen and oxygen atoms in total. The number of amides is 2. The molecule has 0 bridgehead atoms. The second kappa shape index (κ2) is 8.39. The fraction of sp³-hybridized carbons (Fsp3) is 0.286. The number of ether oxygens (including phenoxy) is 1. The highest BCUT2D eigenvalue weighted by atomic mass is 32.2. The third-order valence-electron chi connectivity index (χ3n) is 4.55. The lowest BCUT2D eigenvalue weighted by Gasteiger charge is -2.24. The molecule has 1 heterocycles. The topological polar surface area (TPSA) is 63.7 Å². The van der Waals surface area contributed by atoms with Crippen LogP contribution in [0.1, 0.15) is 39.6 Å². The summed E-state index contributed by atoms with van der Waals surface area (Å²) in [5, 5.41) is 0. The number of nitrogens with zero attached hydrogens (tertiary/aromatic N) is 1. The Balaban J connectivity index is 1.84. The molecule has 2 amide bonds. The molecular weight excluding hydrogens is 362 g/mol. The summed E-state index contributed by atoms with van der Waals surface area (Å²) < 4.78 is 5.49. The lowest BCUT2D eigenvalue weighted by molar-refractivity contribution is -0.138. The number of carbonyl (C=O) groups is 3. The van der Waals surface area contributed by atoms with E-state index < -0.39 is 23.8 Å². The average molecular weight is 383 g/mol. The van der Waals surface area contributed by atoms with Crippen LogP contribution in [-0.2, 0) is 11.2 Å². The van der Waals surface area contributed by atoms with Gasteiger partial charge in [-0.15, -0.1) is 0 Å². The van der Waals surface area contributed by atoms with E-state index >= 15 is 0 Å². The van der Waals surface area contributed by atoms with Crippen LogP contribution in [0.25, 0.3) is 0 Å². The van der Waals surface area contributed by atoms with Crippen LogP contribution in [0.3, 0.4) is 0 Å². The van der Waals surface area contributed by atoms with Crippen LogP contribution in [0, 0.1) is 0 Å². The monoisotopic (exact) mass is 383 g/mol. The summed E-state index contributed by atoms with van der Waals surface area (Å²) in [4.78, 5) is 39.4. The van der Waals surface area contributed by atoms with E-state index in [-0.39, 0.29) is 0 Å². The first-order valence-corrected chi connectivity index (χ1v) is 10.2. The van der Waals surface area contributed by atoms with Crippen molar-refractivity contribution in [2.24, 2.45) is 0 Å². The van der Waals surface area contributed by atoms with Crippen LogP contribution in [0.15, 0.2) is 48.5 Å². The van der Waals surface area contributed by atoms with Crippen LogP contribution in [-0.4, -0.2) is 40.7 Å². The maximum absolute atomic E-state index is 12.8. The zero-order valence-corrected chi connectivity index (χ0v) is 16.1. The maximum atomic E-state index is 12.8. The summed E-state index contributed by atoms with van der Waals surface area (Å²) in [6.45, 7) is 2.04. The Morgan fingerprint density at radius 1 is 1.04 bits per heavy atom. The van der Waals surface area contributed by atoms with Gasteiger partial charge in [0.15, 0.2) is 0 Å². The van der Waals surface area contributed by atoms with Crippen molar-refractivity contribution in [2.75, 3.05) is 12.0 Å². The first-order valence-electron chi connectivity index (χ1n) is 8.83. The number of benzene rings is 2. The van der Waals surface area contributed by atoms with Gasteiger partial charge in [-0.1, -0.05) is 31.2 Å². The number of fused-ring (bicyclic) bond motifs is 1. The van der Waals surface area contributed by atoms with Crippen molar-refractivity contribution in [1.82, 2.24) is 4.90 Å². The predicted octanol–water partition coefficient (Wildman–Crippen LogP) is 3.57. The minimum atomic E-state index is -0.948. The second-order valence-electron chi connectivity index (χ2n) is 6.24. The fourth-order valence-corrected chi connectivity index (χ4v) is 3.51. The zero-order valence-electron chi connectivity index (χ0n) is 15.3. The number of carbonyl (C=O) groups excluding carboxylic acids is 3. The Hall–Kier alpha value is -2.60. The molecular formula is C21H21NO4S. The van der Waals surface area contributed by atoms with E-state index in [0.717, 1.165) is 16.9 Å². The van der Waals surface area contributed by atoms with Crippen molar-refractivity contribution >= 4 is 29.5 Å². The number of imide groups is 1. The van der Waals surface area contributed by atoms with E-state index in [1.807, 2.05) is 25.3 Å². The van der Waals surface area contributed by atoms with Gasteiger partial charge in [0, 0.05) is 0 Å². The van der Waals surface area contributed by atoms with Crippen molar-refractivity contribution in [1.29, 1.82) is 0 Å². The van der Waals surface area contributed by atoms with E-state index in [4.69, 9.17) is 4.74 Å². The van der Waals surface area contributed by atoms with Gasteiger partial charge in [0.05, 0.1) is 11.1 Å². The summed E-state index contributed by atoms with van der Waals surface area (Å²) in [6.07, 6.45) is 3.15. The van der Waals surface area contributed by atoms with Gasteiger partial charge in [-0.3, -0.25) is 14.5 Å². The summed E-state index contributed by atoms with van der Waals surface area (Å²) >= 11 is 1.55. The van der Waals surface area contributed by atoms with Gasteiger partial charge in [0.2, 0.25) is 0 Å². The molecule has 3 rings (SSSR count).